The molecule has 2 aliphatic heterocycles. The van der Waals surface area contributed by atoms with E-state index in [1.54, 1.807) is 18.3 Å². The fourth-order valence-corrected chi connectivity index (χ4v) is 3.01. The van der Waals surface area contributed by atoms with Crippen molar-refractivity contribution >= 4 is 11.7 Å². The van der Waals surface area contributed by atoms with Crippen LogP contribution in [-0.2, 0) is 4.79 Å². The van der Waals surface area contributed by atoms with Crippen LogP contribution in [0.3, 0.4) is 0 Å². The maximum Gasteiger partial charge on any atom is 0.249 e. The first-order valence-corrected chi connectivity index (χ1v) is 6.96. The van der Waals surface area contributed by atoms with Gasteiger partial charge in [-0.15, -0.1) is 0 Å². The fraction of sp³-hybridized carbons (Fsp3) is 0.467. The number of aromatic nitrogens is 1. The zero-order valence-electron chi connectivity index (χ0n) is 11.0. The van der Waals surface area contributed by atoms with Gasteiger partial charge < -0.3 is 10.2 Å². The number of hydrogen-bond acceptors (Lipinski definition) is 3. The first-order chi connectivity index (χ1) is 9.31. The van der Waals surface area contributed by atoms with Gasteiger partial charge in [-0.3, -0.25) is 4.79 Å². The Labute approximate surface area is 113 Å². The Morgan fingerprint density at radius 1 is 1.42 bits per heavy atom. The minimum Gasteiger partial charge on any atom is -0.307 e. The third kappa shape index (κ3) is 3.01. The van der Waals surface area contributed by atoms with Crippen molar-refractivity contribution in [3.05, 3.63) is 36.0 Å². The van der Waals surface area contributed by atoms with Crippen LogP contribution < -0.4 is 5.32 Å². The van der Waals surface area contributed by atoms with Crippen molar-refractivity contribution in [2.24, 2.45) is 5.92 Å². The number of carbonyl (C=O) groups is 1. The largest absolute Gasteiger partial charge is 0.307 e. The number of carbonyl (C=O) groups excluding carboxylic acids is 1. The van der Waals surface area contributed by atoms with E-state index >= 15 is 0 Å². The molecule has 0 spiro atoms. The molecule has 3 rings (SSSR count). The monoisotopic (exact) mass is 257 g/mol. The zero-order valence-corrected chi connectivity index (χ0v) is 11.0. The Hall–Kier alpha value is -1.68. The maximum atomic E-state index is 12.0. The molecule has 0 aliphatic carbocycles. The summed E-state index contributed by atoms with van der Waals surface area (Å²) in [5.74, 6) is 1.15. The summed E-state index contributed by atoms with van der Waals surface area (Å²) in [5.41, 5.74) is 1.31. The molecule has 1 amide bonds. The Kier molecular flexibility index (Phi) is 3.60. The van der Waals surface area contributed by atoms with Crippen molar-refractivity contribution < 1.29 is 4.79 Å². The summed E-state index contributed by atoms with van der Waals surface area (Å²) < 4.78 is 0. The van der Waals surface area contributed by atoms with E-state index in [1.807, 2.05) is 12.1 Å². The van der Waals surface area contributed by atoms with Crippen LogP contribution in [0.15, 0.2) is 36.0 Å². The van der Waals surface area contributed by atoms with Crippen molar-refractivity contribution in [3.8, 4) is 0 Å². The topological polar surface area (TPSA) is 45.2 Å². The highest BCUT2D eigenvalue weighted by atomic mass is 16.1. The van der Waals surface area contributed by atoms with E-state index in [4.69, 9.17) is 0 Å². The van der Waals surface area contributed by atoms with Crippen molar-refractivity contribution in [1.29, 1.82) is 0 Å². The third-order valence-electron chi connectivity index (χ3n) is 3.98. The van der Waals surface area contributed by atoms with Crippen molar-refractivity contribution in [2.45, 2.75) is 19.3 Å². The van der Waals surface area contributed by atoms with Crippen molar-refractivity contribution in [2.75, 3.05) is 25.0 Å². The summed E-state index contributed by atoms with van der Waals surface area (Å²) in [6.45, 7) is 3.45. The van der Waals surface area contributed by atoms with Crippen LogP contribution in [0.4, 0.5) is 5.82 Å². The lowest BCUT2D eigenvalue weighted by atomic mass is 9.84. The molecule has 100 valence electrons. The molecule has 2 aliphatic rings. The Morgan fingerprint density at radius 2 is 2.37 bits per heavy atom. The van der Waals surface area contributed by atoms with Crippen LogP contribution in [0.1, 0.15) is 19.3 Å². The normalized spacial score (nSPS) is 28.1. The van der Waals surface area contributed by atoms with Crippen molar-refractivity contribution in [1.82, 2.24) is 9.88 Å². The number of amides is 1. The van der Waals surface area contributed by atoms with Gasteiger partial charge in [0.15, 0.2) is 0 Å². The number of pyridine rings is 1. The van der Waals surface area contributed by atoms with Crippen LogP contribution in [0, 0.1) is 5.92 Å². The molecule has 19 heavy (non-hydrogen) atoms. The van der Waals surface area contributed by atoms with Gasteiger partial charge in [-0.25, -0.2) is 4.98 Å². The number of anilines is 1. The first-order valence-electron chi connectivity index (χ1n) is 6.96. The van der Waals surface area contributed by atoms with Crippen LogP contribution >= 0.6 is 0 Å². The maximum absolute atomic E-state index is 12.0. The lowest BCUT2D eigenvalue weighted by Crippen LogP contribution is -2.41. The van der Waals surface area contributed by atoms with Gasteiger partial charge in [0.2, 0.25) is 5.91 Å². The number of nitrogens with zero attached hydrogens (tertiary/aromatic N) is 2. The second kappa shape index (κ2) is 5.53. The lowest BCUT2D eigenvalue weighted by Gasteiger charge is -2.39. The summed E-state index contributed by atoms with van der Waals surface area (Å²) in [6, 6.07) is 5.51. The molecule has 4 heteroatoms. The quantitative estimate of drug-likeness (QED) is 0.825. The molecule has 2 bridgehead atoms. The predicted octanol–water partition coefficient (Wildman–Crippen LogP) is 2.06. The molecule has 1 aromatic rings. The molecule has 0 saturated carbocycles. The number of nitrogens with one attached hydrogen (secondary N) is 1. The summed E-state index contributed by atoms with van der Waals surface area (Å²) in [4.78, 5) is 18.6. The van der Waals surface area contributed by atoms with Crippen LogP contribution in [-0.4, -0.2) is 35.4 Å². The van der Waals surface area contributed by atoms with Crippen LogP contribution in [0.25, 0.3) is 0 Å². The zero-order chi connectivity index (χ0) is 13.1. The summed E-state index contributed by atoms with van der Waals surface area (Å²) in [5, 5.41) is 2.82. The number of rotatable bonds is 2. The Morgan fingerprint density at radius 3 is 3.21 bits per heavy atom. The highest BCUT2D eigenvalue weighted by Gasteiger charge is 2.27. The van der Waals surface area contributed by atoms with E-state index in [0.29, 0.717) is 11.7 Å². The average Bonchev–Trinajstić information content (AvgIpc) is 2.44. The predicted molar refractivity (Wildman–Crippen MR) is 74.7 cm³/mol. The Bertz CT molecular complexity index is 483. The second-order valence-corrected chi connectivity index (χ2v) is 5.31. The number of piperidine rings is 2. The van der Waals surface area contributed by atoms with Gasteiger partial charge in [0.05, 0.1) is 0 Å². The molecule has 1 N–H and O–H groups in total. The average molecular weight is 257 g/mol. The molecule has 2 atom stereocenters. The van der Waals surface area contributed by atoms with E-state index < -0.39 is 0 Å². The first kappa shape index (κ1) is 12.4. The second-order valence-electron chi connectivity index (χ2n) is 5.31. The molecule has 2 saturated heterocycles. The summed E-state index contributed by atoms with van der Waals surface area (Å²) >= 11 is 0. The lowest BCUT2D eigenvalue weighted by molar-refractivity contribution is -0.112. The van der Waals surface area contributed by atoms with Gasteiger partial charge in [-0.05, 0) is 43.9 Å². The summed E-state index contributed by atoms with van der Waals surface area (Å²) in [6.07, 6.45) is 6.98. The smallest absolute Gasteiger partial charge is 0.249 e. The Balaban J connectivity index is 1.66. The molecule has 2 fully saturated rings. The molecule has 3 heterocycles. The standard InChI is InChI=1S/C15H19N3O/c19-15(17-14-5-1-2-7-16-14)10-12-6-9-18-8-3-4-13(12)11-18/h1-2,5,7,10,13H,3-4,6,8-9,11H2,(H,16,17,19). The van der Waals surface area contributed by atoms with Gasteiger partial charge >= 0.3 is 0 Å². The molecular weight excluding hydrogens is 238 g/mol. The molecule has 0 aromatic carbocycles. The SMILES string of the molecule is O=C(C=C1CCN2CCCC1C2)Nc1ccccn1. The van der Waals surface area contributed by atoms with Crippen molar-refractivity contribution in [3.63, 3.8) is 0 Å². The van der Waals surface area contributed by atoms with Crippen LogP contribution in [0.2, 0.25) is 0 Å². The minimum absolute atomic E-state index is 0.0484. The molecule has 4 nitrogen and oxygen atoms in total. The van der Waals surface area contributed by atoms with Crippen LogP contribution in [0.5, 0.6) is 0 Å². The van der Waals surface area contributed by atoms with Gasteiger partial charge in [-0.2, -0.15) is 0 Å². The molecule has 0 radical (unpaired) electrons. The molecular formula is C15H19N3O. The molecule has 2 unspecified atom stereocenters. The van der Waals surface area contributed by atoms with E-state index in [2.05, 4.69) is 15.2 Å². The van der Waals surface area contributed by atoms with Gasteiger partial charge in [-0.1, -0.05) is 11.6 Å². The number of hydrogen-bond donors (Lipinski definition) is 1. The van der Waals surface area contributed by atoms with Gasteiger partial charge in [0.25, 0.3) is 0 Å². The van der Waals surface area contributed by atoms with E-state index in [0.717, 1.165) is 19.5 Å². The van der Waals surface area contributed by atoms with E-state index in [1.165, 1.54) is 25.0 Å². The minimum atomic E-state index is -0.0484. The number of fused-ring (bicyclic) bond motifs is 2. The third-order valence-corrected chi connectivity index (χ3v) is 3.98. The highest BCUT2D eigenvalue weighted by molar-refractivity contribution is 5.99. The van der Waals surface area contributed by atoms with Gasteiger partial charge in [0.1, 0.15) is 5.82 Å². The summed E-state index contributed by atoms with van der Waals surface area (Å²) in [7, 11) is 0. The highest BCUT2D eigenvalue weighted by Crippen LogP contribution is 2.30. The van der Waals surface area contributed by atoms with E-state index in [9.17, 15) is 4.79 Å². The fourth-order valence-electron chi connectivity index (χ4n) is 3.01. The van der Waals surface area contributed by atoms with E-state index in [-0.39, 0.29) is 5.91 Å². The molecule has 1 aromatic heterocycles. The van der Waals surface area contributed by atoms with Gasteiger partial charge in [0, 0.05) is 25.4 Å².